The molecule has 14 heavy (non-hydrogen) atoms. The number of imidazole rings is 1. The van der Waals surface area contributed by atoms with E-state index in [2.05, 4.69) is 18.5 Å². The molecule has 0 spiro atoms. The van der Waals surface area contributed by atoms with Gasteiger partial charge in [-0.25, -0.2) is 9.78 Å². The van der Waals surface area contributed by atoms with Gasteiger partial charge in [0.05, 0.1) is 0 Å². The summed E-state index contributed by atoms with van der Waals surface area (Å²) in [5.74, 6) is 0. The van der Waals surface area contributed by atoms with E-state index in [0.717, 1.165) is 12.8 Å². The molecule has 1 aromatic rings. The van der Waals surface area contributed by atoms with Gasteiger partial charge in [0.15, 0.2) is 0 Å². The fourth-order valence-corrected chi connectivity index (χ4v) is 1.11. The van der Waals surface area contributed by atoms with Gasteiger partial charge in [-0.2, -0.15) is 0 Å². The zero-order valence-electron chi connectivity index (χ0n) is 8.39. The molecule has 0 atom stereocenters. The standard InChI is InChI=1S/C10H15N3O/c1-3-5-7-12(4-2)10(14)13-8-6-11-9-13/h4,6,8-9H,2-3,5,7H2,1H3. The number of aromatic nitrogens is 2. The number of unbranched alkanes of at least 4 members (excludes halogenated alkanes) is 1. The van der Waals surface area contributed by atoms with Gasteiger partial charge in [-0.05, 0) is 6.42 Å². The average molecular weight is 193 g/mol. The first-order valence-electron chi connectivity index (χ1n) is 4.71. The lowest BCUT2D eigenvalue weighted by atomic mass is 10.3. The second kappa shape index (κ2) is 5.21. The lowest BCUT2D eigenvalue weighted by Crippen LogP contribution is -2.30. The van der Waals surface area contributed by atoms with E-state index in [1.54, 1.807) is 23.5 Å². The fourth-order valence-electron chi connectivity index (χ4n) is 1.11. The molecule has 0 aliphatic heterocycles. The molecule has 0 saturated carbocycles. The highest BCUT2D eigenvalue weighted by molar-refractivity contribution is 5.77. The predicted molar refractivity (Wildman–Crippen MR) is 54.8 cm³/mol. The molecule has 1 heterocycles. The van der Waals surface area contributed by atoms with Crippen molar-refractivity contribution in [3.8, 4) is 0 Å². The summed E-state index contributed by atoms with van der Waals surface area (Å²) in [6, 6.07) is -0.106. The van der Waals surface area contributed by atoms with Gasteiger partial charge in [0.1, 0.15) is 6.33 Å². The number of amides is 1. The quantitative estimate of drug-likeness (QED) is 0.734. The monoisotopic (exact) mass is 193 g/mol. The third-order valence-corrected chi connectivity index (χ3v) is 1.94. The van der Waals surface area contributed by atoms with Crippen molar-refractivity contribution < 1.29 is 4.79 Å². The van der Waals surface area contributed by atoms with E-state index in [0.29, 0.717) is 6.54 Å². The van der Waals surface area contributed by atoms with Crippen LogP contribution in [0.5, 0.6) is 0 Å². The van der Waals surface area contributed by atoms with Crippen LogP contribution < -0.4 is 0 Å². The Labute approximate surface area is 83.9 Å². The lowest BCUT2D eigenvalue weighted by Gasteiger charge is -2.17. The van der Waals surface area contributed by atoms with Crippen LogP contribution in [0.3, 0.4) is 0 Å². The zero-order chi connectivity index (χ0) is 10.4. The average Bonchev–Trinajstić information content (AvgIpc) is 2.71. The molecule has 0 aromatic carbocycles. The first kappa shape index (κ1) is 10.5. The first-order valence-corrected chi connectivity index (χ1v) is 4.71. The molecule has 1 rings (SSSR count). The van der Waals surface area contributed by atoms with Crippen LogP contribution in [0.2, 0.25) is 0 Å². The highest BCUT2D eigenvalue weighted by Gasteiger charge is 2.10. The van der Waals surface area contributed by atoms with Gasteiger partial charge in [0.2, 0.25) is 0 Å². The molecule has 0 aliphatic rings. The minimum Gasteiger partial charge on any atom is -0.301 e. The molecule has 4 heteroatoms. The minimum absolute atomic E-state index is 0.106. The van der Waals surface area contributed by atoms with Crippen molar-refractivity contribution in [1.29, 1.82) is 0 Å². The van der Waals surface area contributed by atoms with Gasteiger partial charge in [0, 0.05) is 25.1 Å². The van der Waals surface area contributed by atoms with E-state index in [-0.39, 0.29) is 6.03 Å². The Balaban J connectivity index is 2.61. The van der Waals surface area contributed by atoms with Crippen molar-refractivity contribution in [2.24, 2.45) is 0 Å². The topological polar surface area (TPSA) is 38.1 Å². The van der Waals surface area contributed by atoms with E-state index in [1.807, 2.05) is 0 Å². The van der Waals surface area contributed by atoms with Crippen LogP contribution in [-0.4, -0.2) is 27.0 Å². The van der Waals surface area contributed by atoms with E-state index in [4.69, 9.17) is 0 Å². The van der Waals surface area contributed by atoms with Gasteiger partial charge in [-0.15, -0.1) is 0 Å². The summed E-state index contributed by atoms with van der Waals surface area (Å²) in [6.45, 7) is 6.41. The summed E-state index contributed by atoms with van der Waals surface area (Å²) in [7, 11) is 0. The summed E-state index contributed by atoms with van der Waals surface area (Å²) >= 11 is 0. The molecule has 1 amide bonds. The van der Waals surface area contributed by atoms with E-state index in [9.17, 15) is 4.79 Å². The lowest BCUT2D eigenvalue weighted by molar-refractivity contribution is 0.216. The zero-order valence-corrected chi connectivity index (χ0v) is 8.39. The Morgan fingerprint density at radius 2 is 2.50 bits per heavy atom. The molecule has 0 radical (unpaired) electrons. The van der Waals surface area contributed by atoms with Crippen LogP contribution in [0.4, 0.5) is 4.79 Å². The van der Waals surface area contributed by atoms with Gasteiger partial charge in [-0.3, -0.25) is 4.57 Å². The van der Waals surface area contributed by atoms with Gasteiger partial charge in [-0.1, -0.05) is 19.9 Å². The molecule has 76 valence electrons. The van der Waals surface area contributed by atoms with Gasteiger partial charge in [0.25, 0.3) is 0 Å². The number of hydrogen-bond donors (Lipinski definition) is 0. The summed E-state index contributed by atoms with van der Waals surface area (Å²) in [5, 5.41) is 0. The third-order valence-electron chi connectivity index (χ3n) is 1.94. The van der Waals surface area contributed by atoms with Crippen molar-refractivity contribution >= 4 is 6.03 Å². The largest absolute Gasteiger partial charge is 0.333 e. The van der Waals surface area contributed by atoms with Crippen LogP contribution in [-0.2, 0) is 0 Å². The third kappa shape index (κ3) is 2.45. The van der Waals surface area contributed by atoms with E-state index in [1.165, 1.54) is 10.9 Å². The van der Waals surface area contributed by atoms with Gasteiger partial charge >= 0.3 is 6.03 Å². The summed E-state index contributed by atoms with van der Waals surface area (Å²) in [6.07, 6.45) is 8.29. The summed E-state index contributed by atoms with van der Waals surface area (Å²) in [5.41, 5.74) is 0. The number of carbonyl (C=O) groups excluding carboxylic acids is 1. The van der Waals surface area contributed by atoms with Crippen LogP contribution >= 0.6 is 0 Å². The Morgan fingerprint density at radius 1 is 1.71 bits per heavy atom. The van der Waals surface area contributed by atoms with E-state index >= 15 is 0 Å². The molecule has 0 aliphatic carbocycles. The van der Waals surface area contributed by atoms with E-state index < -0.39 is 0 Å². The summed E-state index contributed by atoms with van der Waals surface area (Å²) < 4.78 is 1.44. The summed E-state index contributed by atoms with van der Waals surface area (Å²) in [4.78, 5) is 17.1. The maximum Gasteiger partial charge on any atom is 0.333 e. The molecule has 4 nitrogen and oxygen atoms in total. The van der Waals surface area contributed by atoms with Crippen molar-refractivity contribution in [1.82, 2.24) is 14.5 Å². The Bertz CT molecular complexity index is 292. The van der Waals surface area contributed by atoms with Crippen LogP contribution in [0.15, 0.2) is 31.5 Å². The maximum absolute atomic E-state index is 11.7. The Hall–Kier alpha value is -1.58. The van der Waals surface area contributed by atoms with Crippen LogP contribution in [0.1, 0.15) is 19.8 Å². The van der Waals surface area contributed by atoms with Crippen molar-refractivity contribution in [3.05, 3.63) is 31.5 Å². The second-order valence-corrected chi connectivity index (χ2v) is 2.98. The SMILES string of the molecule is C=CN(CCCC)C(=O)n1ccnc1. The Morgan fingerprint density at radius 3 is 3.00 bits per heavy atom. The normalized spacial score (nSPS) is 9.79. The van der Waals surface area contributed by atoms with Crippen molar-refractivity contribution in [3.63, 3.8) is 0 Å². The second-order valence-electron chi connectivity index (χ2n) is 2.98. The smallest absolute Gasteiger partial charge is 0.301 e. The minimum atomic E-state index is -0.106. The number of hydrogen-bond acceptors (Lipinski definition) is 2. The molecule has 0 unspecified atom stereocenters. The van der Waals surface area contributed by atoms with Crippen LogP contribution in [0.25, 0.3) is 0 Å². The molecular weight excluding hydrogens is 178 g/mol. The Kier molecular flexibility index (Phi) is 3.91. The molecule has 0 saturated heterocycles. The maximum atomic E-state index is 11.7. The van der Waals surface area contributed by atoms with Crippen LogP contribution in [0, 0.1) is 0 Å². The molecule has 0 bridgehead atoms. The molecular formula is C10H15N3O. The van der Waals surface area contributed by atoms with Crippen molar-refractivity contribution in [2.75, 3.05) is 6.54 Å². The van der Waals surface area contributed by atoms with Gasteiger partial charge < -0.3 is 4.90 Å². The first-order chi connectivity index (χ1) is 6.79. The number of carbonyl (C=O) groups is 1. The molecule has 1 aromatic heterocycles. The highest BCUT2D eigenvalue weighted by atomic mass is 16.2. The molecule has 0 fully saturated rings. The molecule has 0 N–H and O–H groups in total. The van der Waals surface area contributed by atoms with Crippen molar-refractivity contribution in [2.45, 2.75) is 19.8 Å². The fraction of sp³-hybridized carbons (Fsp3) is 0.400. The number of rotatable bonds is 4. The predicted octanol–water partition coefficient (Wildman–Crippen LogP) is 2.10. The number of nitrogens with zero attached hydrogens (tertiary/aromatic N) is 3. The highest BCUT2D eigenvalue weighted by Crippen LogP contribution is 2.00.